The van der Waals surface area contributed by atoms with Gasteiger partial charge in [-0.25, -0.2) is 9.78 Å². The summed E-state index contributed by atoms with van der Waals surface area (Å²) in [4.78, 5) is 11.6. The van der Waals surface area contributed by atoms with Gasteiger partial charge in [-0.15, -0.1) is 0 Å². The summed E-state index contributed by atoms with van der Waals surface area (Å²) in [5.74, 6) is -5.25. The van der Waals surface area contributed by atoms with Crippen LogP contribution in [0.2, 0.25) is 0 Å². The molecule has 1 saturated carbocycles. The topological polar surface area (TPSA) is 87.7 Å². The highest BCUT2D eigenvalue weighted by Crippen LogP contribution is 2.64. The fourth-order valence-electron chi connectivity index (χ4n) is 6.14. The summed E-state index contributed by atoms with van der Waals surface area (Å²) in [5, 5.41) is 10.0. The Hall–Kier alpha value is -1.27. The Bertz CT molecular complexity index is 810. The first-order valence-corrected chi connectivity index (χ1v) is 10.9. The van der Waals surface area contributed by atoms with E-state index in [0.717, 1.165) is 12.8 Å². The van der Waals surface area contributed by atoms with E-state index in [1.54, 1.807) is 6.92 Å². The number of nitrogens with zero attached hydrogens (tertiary/aromatic N) is 2. The quantitative estimate of drug-likeness (QED) is 0.707. The van der Waals surface area contributed by atoms with Crippen molar-refractivity contribution >= 4 is 0 Å². The first-order valence-electron chi connectivity index (χ1n) is 10.9. The predicted octanol–water partition coefficient (Wildman–Crippen LogP) is 3.50. The number of hydrogen-bond donors (Lipinski definition) is 1. The van der Waals surface area contributed by atoms with Crippen molar-refractivity contribution in [2.75, 3.05) is 6.61 Å². The maximum Gasteiger partial charge on any atom is 0.443 e. The second kappa shape index (κ2) is 7.11. The molecule has 174 valence electrons. The molecule has 1 aromatic rings. The van der Waals surface area contributed by atoms with Crippen LogP contribution in [-0.2, 0) is 30.4 Å². The van der Waals surface area contributed by atoms with E-state index < -0.39 is 41.5 Å². The molecule has 1 aliphatic carbocycles. The van der Waals surface area contributed by atoms with E-state index in [4.69, 9.17) is 24.0 Å². The summed E-state index contributed by atoms with van der Waals surface area (Å²) in [6, 6.07) is 0. The van der Waals surface area contributed by atoms with Crippen molar-refractivity contribution in [2.45, 2.75) is 82.5 Å². The van der Waals surface area contributed by atoms with Crippen molar-refractivity contribution in [1.29, 1.82) is 0 Å². The number of hydrogen-bond acceptors (Lipinski definition) is 7. The zero-order valence-electron chi connectivity index (χ0n) is 17.8. The van der Waals surface area contributed by atoms with Crippen LogP contribution in [0.5, 0.6) is 0 Å². The lowest BCUT2D eigenvalue weighted by Crippen LogP contribution is -2.76. The molecule has 11 heteroatoms. The van der Waals surface area contributed by atoms with E-state index >= 15 is 0 Å². The molecule has 8 nitrogen and oxygen atoms in total. The largest absolute Gasteiger partial charge is 0.443 e. The lowest BCUT2D eigenvalue weighted by molar-refractivity contribution is -0.598. The summed E-state index contributed by atoms with van der Waals surface area (Å²) in [6.07, 6.45) is -1.76. The molecule has 1 aromatic heterocycles. The van der Waals surface area contributed by atoms with Crippen LogP contribution in [0, 0.1) is 23.7 Å². The van der Waals surface area contributed by atoms with E-state index in [1.807, 2.05) is 0 Å². The second-order valence-corrected chi connectivity index (χ2v) is 9.54. The molecule has 5 aliphatic rings. The Morgan fingerprint density at radius 2 is 1.97 bits per heavy atom. The van der Waals surface area contributed by atoms with Crippen LogP contribution in [-0.4, -0.2) is 51.7 Å². The normalized spacial score (nSPS) is 47.1. The van der Waals surface area contributed by atoms with Crippen molar-refractivity contribution in [1.82, 2.24) is 15.4 Å². The van der Waals surface area contributed by atoms with Gasteiger partial charge in [0, 0.05) is 24.7 Å². The Labute approximate surface area is 178 Å². The number of fused-ring (bicyclic) bond motifs is 2. The summed E-state index contributed by atoms with van der Waals surface area (Å²) >= 11 is 0. The number of rotatable bonds is 4. The Morgan fingerprint density at radius 3 is 2.68 bits per heavy atom. The highest BCUT2D eigenvalue weighted by Gasteiger charge is 2.77. The maximum absolute atomic E-state index is 14.6. The minimum absolute atomic E-state index is 0.0237. The van der Waals surface area contributed by atoms with Gasteiger partial charge in [0.15, 0.2) is 11.9 Å². The molecule has 4 saturated heterocycles. The number of ether oxygens (including phenoxy) is 3. The molecule has 0 unspecified atom stereocenters. The van der Waals surface area contributed by atoms with E-state index in [1.165, 1.54) is 13.1 Å². The van der Waals surface area contributed by atoms with Crippen molar-refractivity contribution in [3.05, 3.63) is 11.9 Å². The molecule has 6 rings (SSSR count). The van der Waals surface area contributed by atoms with Gasteiger partial charge in [-0.1, -0.05) is 13.8 Å². The zero-order valence-corrected chi connectivity index (χ0v) is 17.8. The van der Waals surface area contributed by atoms with Gasteiger partial charge in [0.1, 0.15) is 0 Å². The fourth-order valence-corrected chi connectivity index (χ4v) is 6.14. The molecule has 1 N–H and O–H groups in total. The van der Waals surface area contributed by atoms with Crippen LogP contribution in [0.1, 0.15) is 52.1 Å². The van der Waals surface area contributed by atoms with Crippen LogP contribution in [0.25, 0.3) is 0 Å². The molecule has 2 bridgehead atoms. The highest BCUT2D eigenvalue weighted by atomic mass is 19.4. The Kier molecular flexibility index (Phi) is 4.95. The van der Waals surface area contributed by atoms with E-state index in [2.05, 4.69) is 22.3 Å². The molecular weight excluding hydrogens is 419 g/mol. The van der Waals surface area contributed by atoms with E-state index in [9.17, 15) is 13.2 Å². The first kappa shape index (κ1) is 21.6. The average molecular weight is 447 g/mol. The summed E-state index contributed by atoms with van der Waals surface area (Å²) < 4.78 is 61.2. The van der Waals surface area contributed by atoms with Crippen LogP contribution in [0.15, 0.2) is 6.20 Å². The molecule has 8 atom stereocenters. The van der Waals surface area contributed by atoms with Gasteiger partial charge in [0.2, 0.25) is 5.79 Å². The lowest BCUT2D eigenvalue weighted by Gasteiger charge is -2.62. The van der Waals surface area contributed by atoms with E-state index in [0.29, 0.717) is 18.5 Å². The molecule has 0 aromatic carbocycles. The van der Waals surface area contributed by atoms with Gasteiger partial charge in [-0.3, -0.25) is 0 Å². The van der Waals surface area contributed by atoms with Crippen LogP contribution < -0.4 is 0 Å². The molecular formula is C20H28F3N3O5. The minimum atomic E-state index is -4.77. The molecule has 0 radical (unpaired) electrons. The third kappa shape index (κ3) is 3.07. The molecule has 5 heterocycles. The lowest BCUT2D eigenvalue weighted by atomic mass is 9.57. The van der Waals surface area contributed by atoms with Crippen molar-refractivity contribution in [2.24, 2.45) is 23.7 Å². The van der Waals surface area contributed by atoms with Gasteiger partial charge >= 0.3 is 6.18 Å². The van der Waals surface area contributed by atoms with Crippen LogP contribution in [0.3, 0.4) is 0 Å². The average Bonchev–Trinajstić information content (AvgIpc) is 3.11. The first-order chi connectivity index (χ1) is 14.6. The van der Waals surface area contributed by atoms with Crippen molar-refractivity contribution in [3.63, 3.8) is 0 Å². The third-order valence-corrected chi connectivity index (χ3v) is 7.80. The molecule has 4 aliphatic heterocycles. The number of H-pyrrole nitrogens is 1. The monoisotopic (exact) mass is 447 g/mol. The molecule has 0 amide bonds. The van der Waals surface area contributed by atoms with Gasteiger partial charge in [0.25, 0.3) is 5.79 Å². The molecule has 1 spiro atoms. The molecule has 31 heavy (non-hydrogen) atoms. The zero-order chi connectivity index (χ0) is 22.1. The highest BCUT2D eigenvalue weighted by molar-refractivity contribution is 5.12. The summed E-state index contributed by atoms with van der Waals surface area (Å²) in [7, 11) is 0. The summed E-state index contributed by atoms with van der Waals surface area (Å²) in [6.45, 7) is 5.10. The number of aromatic amines is 1. The number of nitrogens with one attached hydrogen (secondary N) is 1. The van der Waals surface area contributed by atoms with Crippen LogP contribution in [0.4, 0.5) is 13.2 Å². The Morgan fingerprint density at radius 1 is 1.16 bits per heavy atom. The smallest absolute Gasteiger partial charge is 0.342 e. The van der Waals surface area contributed by atoms with Crippen molar-refractivity contribution in [3.8, 4) is 0 Å². The van der Waals surface area contributed by atoms with Crippen molar-refractivity contribution < 1.29 is 37.2 Å². The molecule has 5 fully saturated rings. The number of halogens is 3. The standard InChI is InChI=1S/C20H28F3N3O5/c1-11-4-5-15-12(2)19(20(21,22)23,27-9-7-13-10-24-26-25-13)29-16-18(15)14(11)6-8-17(3,28-16)30-31-18/h10-12,14-16H,4-9H2,1-3H3,(H,24,25,26)/t11-,12-,14+,15+,16+,17+,18-,19-/m1/s1. The van der Waals surface area contributed by atoms with Gasteiger partial charge < -0.3 is 14.2 Å². The second-order valence-electron chi connectivity index (χ2n) is 9.54. The van der Waals surface area contributed by atoms with Crippen LogP contribution >= 0.6 is 0 Å². The Balaban J connectivity index is 1.51. The minimum Gasteiger partial charge on any atom is -0.342 e. The van der Waals surface area contributed by atoms with Gasteiger partial charge in [0.05, 0.1) is 18.5 Å². The maximum atomic E-state index is 14.6. The van der Waals surface area contributed by atoms with Gasteiger partial charge in [-0.05, 0) is 38.0 Å². The van der Waals surface area contributed by atoms with Gasteiger partial charge in [-0.2, -0.15) is 28.6 Å². The predicted molar refractivity (Wildman–Crippen MR) is 97.9 cm³/mol. The fraction of sp³-hybridized carbons (Fsp3) is 0.900. The number of aromatic nitrogens is 3. The SMILES string of the molecule is C[C@@H]1CC[C@H]2[C@@H](C)[C@](OCCc3cn[nH]n3)(C(F)(F)F)O[C@@H]3O[C@]4(C)CC[C@@H]1[C@]32OO4. The number of alkyl halides is 3. The third-order valence-electron chi connectivity index (χ3n) is 7.80. The summed E-state index contributed by atoms with van der Waals surface area (Å²) in [5.41, 5.74) is -0.574. The van der Waals surface area contributed by atoms with E-state index in [-0.39, 0.29) is 24.9 Å².